The Balaban J connectivity index is 2.41. The topological polar surface area (TPSA) is 132 Å². The minimum atomic E-state index is -3.56. The molecule has 0 amide bonds. The molecule has 18 heavy (non-hydrogen) atoms. The van der Waals surface area contributed by atoms with Crippen molar-refractivity contribution in [3.05, 3.63) is 17.5 Å². The fraction of sp³-hybridized carbons (Fsp3) is 0.625. The van der Waals surface area contributed by atoms with Crippen molar-refractivity contribution in [1.82, 2.24) is 9.88 Å². The Hall–Kier alpha value is -0.970. The highest BCUT2D eigenvalue weighted by atomic mass is 32.2. The van der Waals surface area contributed by atoms with Gasteiger partial charge in [0.1, 0.15) is 17.2 Å². The molecule has 0 aliphatic heterocycles. The molecule has 0 bridgehead atoms. The normalized spacial score (nSPS) is 12.8. The number of aromatic nitrogens is 1. The van der Waals surface area contributed by atoms with Gasteiger partial charge in [-0.3, -0.25) is 0 Å². The highest BCUT2D eigenvalue weighted by molar-refractivity contribution is 7.89. The van der Waals surface area contributed by atoms with E-state index in [1.165, 1.54) is 6.07 Å². The first kappa shape index (κ1) is 15.1. The Labute approximate surface area is 106 Å². The van der Waals surface area contributed by atoms with Crippen molar-refractivity contribution in [2.24, 2.45) is 5.14 Å². The van der Waals surface area contributed by atoms with Crippen LogP contribution in [0.25, 0.3) is 0 Å². The average Bonchev–Trinajstić information content (AvgIpc) is 2.56. The van der Waals surface area contributed by atoms with E-state index in [0.717, 1.165) is 0 Å². The van der Waals surface area contributed by atoms with E-state index in [-0.39, 0.29) is 24.5 Å². The molecule has 8 nitrogen and oxygen atoms in total. The molecule has 0 radical (unpaired) electrons. The van der Waals surface area contributed by atoms with E-state index in [4.69, 9.17) is 9.66 Å². The second-order valence-electron chi connectivity index (χ2n) is 3.80. The molecule has 0 unspecified atom stereocenters. The number of nitrogens with zero attached hydrogens (tertiary/aromatic N) is 1. The maximum atomic E-state index is 11.6. The minimum Gasteiger partial charge on any atom is -0.361 e. The van der Waals surface area contributed by atoms with Crippen molar-refractivity contribution in [3.8, 4) is 0 Å². The van der Waals surface area contributed by atoms with E-state index in [0.29, 0.717) is 11.5 Å². The summed E-state index contributed by atoms with van der Waals surface area (Å²) >= 11 is 0. The Morgan fingerprint density at radius 2 is 2.06 bits per heavy atom. The summed E-state index contributed by atoms with van der Waals surface area (Å²) in [6.45, 7) is 1.66. The first-order valence-corrected chi connectivity index (χ1v) is 8.45. The minimum absolute atomic E-state index is 0.00952. The molecule has 0 atom stereocenters. The van der Waals surface area contributed by atoms with Crippen LogP contribution in [0.15, 0.2) is 10.6 Å². The summed E-state index contributed by atoms with van der Waals surface area (Å²) in [6, 6.07) is 1.52. The van der Waals surface area contributed by atoms with Gasteiger partial charge in [-0.25, -0.2) is 26.7 Å². The molecule has 0 fully saturated rings. The zero-order valence-electron chi connectivity index (χ0n) is 9.79. The van der Waals surface area contributed by atoms with Crippen LogP contribution < -0.4 is 9.86 Å². The molecule has 104 valence electrons. The molecule has 0 spiro atoms. The van der Waals surface area contributed by atoms with Gasteiger partial charge in [-0.15, -0.1) is 0 Å². The third-order valence-corrected chi connectivity index (χ3v) is 4.12. The first-order chi connectivity index (χ1) is 8.18. The van der Waals surface area contributed by atoms with Gasteiger partial charge in [-0.05, 0) is 13.3 Å². The van der Waals surface area contributed by atoms with Crippen LogP contribution in [0.4, 0.5) is 0 Å². The van der Waals surface area contributed by atoms with E-state index >= 15 is 0 Å². The fourth-order valence-electron chi connectivity index (χ4n) is 1.23. The van der Waals surface area contributed by atoms with Gasteiger partial charge in [-0.1, -0.05) is 5.16 Å². The largest absolute Gasteiger partial charge is 0.361 e. The summed E-state index contributed by atoms with van der Waals surface area (Å²) in [7, 11) is -7.11. The molecule has 0 aromatic carbocycles. The van der Waals surface area contributed by atoms with Crippen LogP contribution in [-0.4, -0.2) is 34.3 Å². The average molecular weight is 297 g/mol. The summed E-state index contributed by atoms with van der Waals surface area (Å²) in [4.78, 5) is 0. The van der Waals surface area contributed by atoms with Crippen LogP contribution in [0, 0.1) is 6.92 Å². The molecular weight excluding hydrogens is 282 g/mol. The summed E-state index contributed by atoms with van der Waals surface area (Å²) < 4.78 is 51.4. The van der Waals surface area contributed by atoms with Crippen LogP contribution in [0.5, 0.6) is 0 Å². The number of hydrogen-bond acceptors (Lipinski definition) is 6. The lowest BCUT2D eigenvalue weighted by atomic mass is 10.4. The SMILES string of the molecule is Cc1cc(CS(=O)(=O)NCCCS(N)(=O)=O)no1. The molecule has 1 heterocycles. The van der Waals surface area contributed by atoms with Gasteiger partial charge < -0.3 is 4.52 Å². The lowest BCUT2D eigenvalue weighted by Crippen LogP contribution is -2.28. The number of nitrogens with two attached hydrogens (primary N) is 1. The Bertz CT molecular complexity index is 590. The van der Waals surface area contributed by atoms with Crippen LogP contribution >= 0.6 is 0 Å². The molecule has 0 aliphatic rings. The van der Waals surface area contributed by atoms with E-state index < -0.39 is 20.0 Å². The number of nitrogens with one attached hydrogen (secondary N) is 1. The molecule has 0 aliphatic carbocycles. The molecule has 1 aromatic rings. The standard InChI is InChI=1S/C8H15N3O5S2/c1-7-5-8(11-16-7)6-18(14,15)10-3-2-4-17(9,12)13/h5,10H,2-4,6H2,1H3,(H2,9,12,13). The monoisotopic (exact) mass is 297 g/mol. The van der Waals surface area contributed by atoms with Crippen molar-refractivity contribution in [2.45, 2.75) is 19.1 Å². The van der Waals surface area contributed by atoms with E-state index in [9.17, 15) is 16.8 Å². The number of primary sulfonamides is 1. The smallest absolute Gasteiger partial charge is 0.217 e. The van der Waals surface area contributed by atoms with Crippen molar-refractivity contribution < 1.29 is 21.4 Å². The van der Waals surface area contributed by atoms with Crippen molar-refractivity contribution in [1.29, 1.82) is 0 Å². The third-order valence-electron chi connectivity index (χ3n) is 1.94. The third kappa shape index (κ3) is 6.10. The zero-order valence-corrected chi connectivity index (χ0v) is 11.4. The predicted molar refractivity (Wildman–Crippen MR) is 64.5 cm³/mol. The van der Waals surface area contributed by atoms with Crippen LogP contribution in [0.3, 0.4) is 0 Å². The van der Waals surface area contributed by atoms with Crippen LogP contribution in [0.2, 0.25) is 0 Å². The second-order valence-corrected chi connectivity index (χ2v) is 7.34. The maximum absolute atomic E-state index is 11.6. The summed E-state index contributed by atoms with van der Waals surface area (Å²) in [6.07, 6.45) is 0.121. The van der Waals surface area contributed by atoms with Gasteiger partial charge in [-0.2, -0.15) is 0 Å². The quantitative estimate of drug-likeness (QED) is 0.625. The van der Waals surface area contributed by atoms with Gasteiger partial charge >= 0.3 is 0 Å². The molecule has 0 saturated carbocycles. The summed E-state index contributed by atoms with van der Waals surface area (Å²) in [5, 5.41) is 8.34. The van der Waals surface area contributed by atoms with Crippen molar-refractivity contribution in [2.75, 3.05) is 12.3 Å². The number of sulfonamides is 2. The Kier molecular flexibility index (Phi) is 4.85. The highest BCUT2D eigenvalue weighted by Gasteiger charge is 2.14. The molecular formula is C8H15N3O5S2. The number of rotatable bonds is 7. The maximum Gasteiger partial charge on any atom is 0.217 e. The second kappa shape index (κ2) is 5.78. The van der Waals surface area contributed by atoms with E-state index in [1.54, 1.807) is 6.92 Å². The van der Waals surface area contributed by atoms with E-state index in [1.807, 2.05) is 0 Å². The van der Waals surface area contributed by atoms with Crippen molar-refractivity contribution >= 4 is 20.0 Å². The van der Waals surface area contributed by atoms with E-state index in [2.05, 4.69) is 9.88 Å². The number of aryl methyl sites for hydroxylation is 1. The number of hydrogen-bond donors (Lipinski definition) is 2. The Morgan fingerprint density at radius 3 is 2.56 bits per heavy atom. The molecule has 0 saturated heterocycles. The van der Waals surface area contributed by atoms with Gasteiger partial charge in [0.05, 0.1) is 5.75 Å². The zero-order chi connectivity index (χ0) is 13.8. The summed E-state index contributed by atoms with van der Waals surface area (Å²) in [5.74, 6) is -0.0485. The Morgan fingerprint density at radius 1 is 1.39 bits per heavy atom. The highest BCUT2D eigenvalue weighted by Crippen LogP contribution is 2.05. The van der Waals surface area contributed by atoms with Gasteiger partial charge in [0.2, 0.25) is 20.0 Å². The molecule has 10 heteroatoms. The molecule has 1 rings (SSSR count). The van der Waals surface area contributed by atoms with Crippen LogP contribution in [-0.2, 0) is 25.8 Å². The lowest BCUT2D eigenvalue weighted by molar-refractivity contribution is 0.392. The first-order valence-electron chi connectivity index (χ1n) is 5.08. The van der Waals surface area contributed by atoms with Crippen molar-refractivity contribution in [3.63, 3.8) is 0 Å². The van der Waals surface area contributed by atoms with Gasteiger partial charge in [0.15, 0.2) is 0 Å². The predicted octanol–water partition coefficient (Wildman–Crippen LogP) is -0.919. The summed E-state index contributed by atoms with van der Waals surface area (Å²) in [5.41, 5.74) is 0.298. The van der Waals surface area contributed by atoms with Gasteiger partial charge in [0.25, 0.3) is 0 Å². The van der Waals surface area contributed by atoms with Gasteiger partial charge in [0, 0.05) is 12.6 Å². The van der Waals surface area contributed by atoms with Crippen LogP contribution in [0.1, 0.15) is 17.9 Å². The lowest BCUT2D eigenvalue weighted by Gasteiger charge is -2.04. The molecule has 3 N–H and O–H groups in total. The fourth-order valence-corrected chi connectivity index (χ4v) is 2.86. The molecule has 1 aromatic heterocycles.